The number of carbonyl (C=O) groups is 2. The second-order valence-electron chi connectivity index (χ2n) is 0.694. The summed E-state index contributed by atoms with van der Waals surface area (Å²) < 4.78 is 17.0. The van der Waals surface area contributed by atoms with Crippen LogP contribution in [0.3, 0.4) is 0 Å². The van der Waals surface area contributed by atoms with Gasteiger partial charge in [0.2, 0.25) is 0 Å². The van der Waals surface area contributed by atoms with Crippen LogP contribution < -0.4 is 0 Å². The van der Waals surface area contributed by atoms with Crippen LogP contribution in [0.5, 0.6) is 0 Å². The molecular weight excluding hydrogens is 234 g/mol. The van der Waals surface area contributed by atoms with Crippen LogP contribution in [0, 0.1) is 0 Å². The van der Waals surface area contributed by atoms with E-state index >= 15 is 0 Å². The van der Waals surface area contributed by atoms with Gasteiger partial charge < -0.3 is 10.2 Å². The molecule has 0 bridgehead atoms. The van der Waals surface area contributed by atoms with Crippen LogP contribution in [0.2, 0.25) is 0 Å². The molecule has 11 heavy (non-hydrogen) atoms. The molecule has 0 aromatic carbocycles. The Balaban J connectivity index is -0.0000000437. The number of hydrogen-bond donors (Lipinski definition) is 2. The van der Waals surface area contributed by atoms with Crippen LogP contribution in [0.1, 0.15) is 0 Å². The minimum absolute atomic E-state index is 0. The van der Waals surface area contributed by atoms with E-state index in [-0.39, 0.29) is 35.6 Å². The number of aliphatic carboxylic acids is 2. The van der Waals surface area contributed by atoms with Crippen molar-refractivity contribution in [2.45, 2.75) is 0 Å². The fourth-order valence-electron chi connectivity index (χ4n) is 0. The first-order valence-electron chi connectivity index (χ1n) is 1.51. The molecule has 0 heterocycles. The van der Waals surface area contributed by atoms with E-state index in [1.807, 2.05) is 0 Å². The van der Waals surface area contributed by atoms with Crippen LogP contribution in [-0.2, 0) is 52.1 Å². The molecule has 0 atom stereocenters. The van der Waals surface area contributed by atoms with Crippen LogP contribution in [-0.4, -0.2) is 41.0 Å². The van der Waals surface area contributed by atoms with Crippen molar-refractivity contribution in [3.05, 3.63) is 0 Å². The molecule has 0 unspecified atom stereocenters. The van der Waals surface area contributed by atoms with E-state index in [9.17, 15) is 0 Å². The van der Waals surface area contributed by atoms with Gasteiger partial charge in [-0.2, -0.15) is 0 Å². The van der Waals surface area contributed by atoms with Gasteiger partial charge in [0.25, 0.3) is 0 Å². The van der Waals surface area contributed by atoms with Gasteiger partial charge in [-0.3, -0.25) is 0 Å². The van der Waals surface area contributed by atoms with E-state index < -0.39 is 31.0 Å². The zero-order chi connectivity index (χ0) is 7.86. The van der Waals surface area contributed by atoms with E-state index in [0.717, 1.165) is 0 Å². The Hall–Kier alpha value is 0.358. The SMILES string of the molecule is O=C(O)C(=O)O.[Co].[LiH].[O]=[Ti]=[O]. The second kappa shape index (κ2) is 16.8. The topological polar surface area (TPSA) is 109 Å². The third-order valence-electron chi connectivity index (χ3n) is 0.183. The van der Waals surface area contributed by atoms with Crippen molar-refractivity contribution in [2.24, 2.45) is 0 Å². The predicted molar refractivity (Wildman–Crippen MR) is 23.8 cm³/mol. The van der Waals surface area contributed by atoms with Crippen LogP contribution >= 0.6 is 0 Å². The summed E-state index contributed by atoms with van der Waals surface area (Å²) in [5.74, 6) is -3.65. The average Bonchev–Trinajstić information content (AvgIpc) is 1.68. The third kappa shape index (κ3) is 38.1. The first-order valence-corrected chi connectivity index (χ1v) is 2.79. The fraction of sp³-hybridized carbons (Fsp3) is 0. The van der Waals surface area contributed by atoms with Gasteiger partial charge >= 0.3 is 56.5 Å². The Morgan fingerprint density at radius 1 is 1.00 bits per heavy atom. The van der Waals surface area contributed by atoms with Crippen molar-refractivity contribution in [3.63, 3.8) is 0 Å². The van der Waals surface area contributed by atoms with Gasteiger partial charge in [0.05, 0.1) is 0 Å². The van der Waals surface area contributed by atoms with Crippen molar-refractivity contribution in [3.8, 4) is 0 Å². The Morgan fingerprint density at radius 2 is 1.09 bits per heavy atom. The second-order valence-corrected chi connectivity index (χ2v) is 0.954. The molecule has 1 radical (unpaired) electrons. The molecular formula is C2H3CoLiO6Ti. The molecule has 0 aromatic heterocycles. The maximum absolute atomic E-state index is 9.10. The summed E-state index contributed by atoms with van der Waals surface area (Å²) >= 11 is -2.00. The molecule has 0 aliphatic heterocycles. The molecule has 0 aromatic rings. The van der Waals surface area contributed by atoms with Crippen LogP contribution in [0.4, 0.5) is 0 Å². The number of hydrogen-bond acceptors (Lipinski definition) is 4. The van der Waals surface area contributed by atoms with Crippen molar-refractivity contribution in [2.75, 3.05) is 0 Å². The monoisotopic (exact) mass is 237 g/mol. The van der Waals surface area contributed by atoms with Gasteiger partial charge in [-0.05, 0) is 0 Å². The van der Waals surface area contributed by atoms with Crippen LogP contribution in [0.25, 0.3) is 0 Å². The zero-order valence-corrected chi connectivity index (χ0v) is 6.96. The van der Waals surface area contributed by atoms with Gasteiger partial charge in [-0.15, -0.1) is 0 Å². The number of carboxylic acid groups (broad SMARTS) is 2. The summed E-state index contributed by atoms with van der Waals surface area (Å²) in [6, 6.07) is 0. The van der Waals surface area contributed by atoms with E-state index in [4.69, 9.17) is 26.5 Å². The molecule has 0 rings (SSSR count). The third-order valence-corrected chi connectivity index (χ3v) is 0.183. The minimum atomic E-state index is -2.00. The van der Waals surface area contributed by atoms with Crippen molar-refractivity contribution in [1.29, 1.82) is 0 Å². The number of carboxylic acids is 2. The standard InChI is InChI=1S/C2H2O4.Co.Li.2O.Ti.H/c3-1(4)2(5)6;;;;;;/h(H,3,4)(H,5,6);;;;;;. The van der Waals surface area contributed by atoms with Gasteiger partial charge in [0, 0.05) is 16.8 Å². The molecule has 61 valence electrons. The normalized spacial score (nSPS) is 4.73. The summed E-state index contributed by atoms with van der Waals surface area (Å²) in [6.45, 7) is 0. The van der Waals surface area contributed by atoms with Crippen molar-refractivity contribution < 1.29 is 62.3 Å². The Morgan fingerprint density at radius 3 is 1.09 bits per heavy atom. The molecule has 6 nitrogen and oxygen atoms in total. The molecule has 0 saturated carbocycles. The Kier molecular flexibility index (Phi) is 34.3. The average molecular weight is 237 g/mol. The summed E-state index contributed by atoms with van der Waals surface area (Å²) in [4.78, 5) is 18.2. The molecule has 0 aliphatic rings. The van der Waals surface area contributed by atoms with E-state index in [1.165, 1.54) is 0 Å². The molecule has 0 saturated heterocycles. The van der Waals surface area contributed by atoms with Gasteiger partial charge in [-0.25, -0.2) is 9.59 Å². The molecule has 2 N–H and O–H groups in total. The van der Waals surface area contributed by atoms with Crippen LogP contribution in [0.15, 0.2) is 0 Å². The summed E-state index contributed by atoms with van der Waals surface area (Å²) in [6.07, 6.45) is 0. The van der Waals surface area contributed by atoms with Gasteiger partial charge in [0.15, 0.2) is 0 Å². The predicted octanol–water partition coefficient (Wildman–Crippen LogP) is -1.74. The van der Waals surface area contributed by atoms with E-state index in [0.29, 0.717) is 0 Å². The quantitative estimate of drug-likeness (QED) is 0.382. The van der Waals surface area contributed by atoms with E-state index in [1.54, 1.807) is 0 Å². The first-order chi connectivity index (χ1) is 4.06. The molecule has 0 aliphatic carbocycles. The molecule has 0 fully saturated rings. The summed E-state index contributed by atoms with van der Waals surface area (Å²) in [5, 5.41) is 14.8. The maximum atomic E-state index is 9.10. The van der Waals surface area contributed by atoms with E-state index in [2.05, 4.69) is 0 Å². The van der Waals surface area contributed by atoms with Crippen molar-refractivity contribution in [1.82, 2.24) is 0 Å². The molecule has 9 heteroatoms. The van der Waals surface area contributed by atoms with Gasteiger partial charge in [-0.1, -0.05) is 0 Å². The fourth-order valence-corrected chi connectivity index (χ4v) is 0. The number of rotatable bonds is 0. The molecule has 0 amide bonds. The Bertz CT molecular complexity index is 141. The summed E-state index contributed by atoms with van der Waals surface area (Å²) in [5.41, 5.74) is 0. The van der Waals surface area contributed by atoms with Gasteiger partial charge in [0.1, 0.15) is 0 Å². The first kappa shape index (κ1) is 22.5. The Labute approximate surface area is 92.7 Å². The zero-order valence-electron chi connectivity index (χ0n) is 4.36. The summed E-state index contributed by atoms with van der Waals surface area (Å²) in [7, 11) is 0. The van der Waals surface area contributed by atoms with Crippen molar-refractivity contribution >= 4 is 30.8 Å². The molecule has 0 spiro atoms.